The predicted octanol–water partition coefficient (Wildman–Crippen LogP) is 14.4. The lowest BCUT2D eigenvalue weighted by molar-refractivity contribution is -0.122. The van der Waals surface area contributed by atoms with Crippen molar-refractivity contribution < 1.29 is 9.21 Å². The summed E-state index contributed by atoms with van der Waals surface area (Å²) in [7, 11) is 0. The minimum atomic E-state index is -0.0226. The molecular formula is C48H73N3O2. The Hall–Kier alpha value is -3.21. The molecule has 1 aliphatic carbocycles. The standard InChI is InChI=1S/C48H73N3O2/c1-5-9-11-13-15-16-17-18-19-20-21-22-23-24-26-28-32-39(31-27-25-14-12-10-6-2)48(52)50-44-38-46-47(42-34-30-29-33-41(42)44)49-43-36-35-40(37-45(43)53-46)51(7-3)8-4/h29-30,33-39H,5-28,31-32H2,1-4H3. The second kappa shape index (κ2) is 25.0. The molecule has 1 aliphatic heterocycles. The fourth-order valence-corrected chi connectivity index (χ4v) is 8.01. The van der Waals surface area contributed by atoms with Gasteiger partial charge < -0.3 is 9.32 Å². The smallest absolute Gasteiger partial charge is 0.249 e. The maximum atomic E-state index is 14.0. The number of hydrogen-bond acceptors (Lipinski definition) is 4. The molecule has 0 N–H and O–H groups in total. The molecule has 0 spiro atoms. The van der Waals surface area contributed by atoms with Crippen LogP contribution in [0.1, 0.15) is 182 Å². The van der Waals surface area contributed by atoms with E-state index in [1.165, 1.54) is 128 Å². The third-order valence-corrected chi connectivity index (χ3v) is 11.4. The Labute approximate surface area is 322 Å². The minimum absolute atomic E-state index is 0.0226. The number of rotatable bonds is 28. The molecule has 1 amide bonds. The Bertz CT molecular complexity index is 1640. The van der Waals surface area contributed by atoms with Gasteiger partial charge in [-0.15, -0.1) is 0 Å². The van der Waals surface area contributed by atoms with Crippen molar-refractivity contribution in [3.63, 3.8) is 0 Å². The number of aromatic nitrogens is 1. The Morgan fingerprint density at radius 1 is 0.623 bits per heavy atom. The summed E-state index contributed by atoms with van der Waals surface area (Å²) in [5.74, 6) is 0.678. The molecule has 53 heavy (non-hydrogen) atoms. The van der Waals surface area contributed by atoms with E-state index in [4.69, 9.17) is 14.4 Å². The van der Waals surface area contributed by atoms with Gasteiger partial charge in [0.2, 0.25) is 5.91 Å². The fraction of sp³-hybridized carbons (Fsp3) is 0.646. The zero-order valence-electron chi connectivity index (χ0n) is 34.2. The monoisotopic (exact) mass is 724 g/mol. The number of amides is 1. The molecule has 0 radical (unpaired) electrons. The molecule has 2 aliphatic rings. The van der Waals surface area contributed by atoms with Gasteiger partial charge in [-0.1, -0.05) is 179 Å². The van der Waals surface area contributed by atoms with Crippen LogP contribution in [-0.2, 0) is 4.79 Å². The largest absolute Gasteiger partial charge is 0.453 e. The lowest BCUT2D eigenvalue weighted by atomic mass is 9.93. The van der Waals surface area contributed by atoms with Crippen LogP contribution < -0.4 is 10.3 Å². The summed E-state index contributed by atoms with van der Waals surface area (Å²) in [6.45, 7) is 10.7. The van der Waals surface area contributed by atoms with Gasteiger partial charge in [0.1, 0.15) is 11.2 Å². The molecule has 1 atom stereocenters. The average molecular weight is 724 g/mol. The van der Waals surface area contributed by atoms with Gasteiger partial charge >= 0.3 is 0 Å². The van der Waals surface area contributed by atoms with E-state index in [0.29, 0.717) is 11.1 Å². The summed E-state index contributed by atoms with van der Waals surface area (Å²) in [4.78, 5) is 26.3. The van der Waals surface area contributed by atoms with Gasteiger partial charge in [0.05, 0.1) is 5.36 Å². The molecule has 0 saturated carbocycles. The summed E-state index contributed by atoms with van der Waals surface area (Å²) in [6.07, 6.45) is 31.1. The number of carbonyl (C=O) groups excluding carboxylic acids is 1. The van der Waals surface area contributed by atoms with Crippen LogP contribution in [0.2, 0.25) is 0 Å². The van der Waals surface area contributed by atoms with E-state index in [9.17, 15) is 4.79 Å². The van der Waals surface area contributed by atoms with Crippen LogP contribution in [0.3, 0.4) is 0 Å². The molecule has 292 valence electrons. The lowest BCUT2D eigenvalue weighted by Crippen LogP contribution is -2.21. The molecule has 2 aromatic carbocycles. The molecule has 0 aromatic heterocycles. The van der Waals surface area contributed by atoms with Crippen molar-refractivity contribution in [3.05, 3.63) is 53.9 Å². The predicted molar refractivity (Wildman–Crippen MR) is 228 cm³/mol. The van der Waals surface area contributed by atoms with Crippen LogP contribution in [0.4, 0.5) is 5.69 Å². The number of fused-ring (bicyclic) bond motifs is 4. The van der Waals surface area contributed by atoms with Crippen molar-refractivity contribution in [2.75, 3.05) is 18.0 Å². The number of benzene rings is 3. The van der Waals surface area contributed by atoms with Crippen molar-refractivity contribution in [1.82, 2.24) is 4.98 Å². The molecule has 2 aromatic rings. The van der Waals surface area contributed by atoms with Crippen molar-refractivity contribution in [1.29, 1.82) is 0 Å². The van der Waals surface area contributed by atoms with Crippen molar-refractivity contribution in [3.8, 4) is 11.5 Å². The zero-order valence-corrected chi connectivity index (χ0v) is 34.2. The third-order valence-electron chi connectivity index (χ3n) is 11.4. The second-order valence-electron chi connectivity index (χ2n) is 15.6. The first kappa shape index (κ1) is 42.5. The number of hydrogen-bond donors (Lipinski definition) is 0. The van der Waals surface area contributed by atoms with Crippen LogP contribution in [0.5, 0.6) is 0 Å². The number of anilines is 1. The highest BCUT2D eigenvalue weighted by atomic mass is 16.3. The number of carbonyl (C=O) groups is 1. The van der Waals surface area contributed by atoms with Gasteiger partial charge in [0, 0.05) is 47.6 Å². The summed E-state index contributed by atoms with van der Waals surface area (Å²) in [5.41, 5.74) is 3.52. The highest BCUT2D eigenvalue weighted by Crippen LogP contribution is 2.32. The van der Waals surface area contributed by atoms with Gasteiger partial charge in [-0.2, -0.15) is 0 Å². The lowest BCUT2D eigenvalue weighted by Gasteiger charge is -2.21. The second-order valence-corrected chi connectivity index (χ2v) is 15.6. The first-order chi connectivity index (χ1) is 26.1. The van der Waals surface area contributed by atoms with Crippen LogP contribution in [0.15, 0.2) is 57.9 Å². The summed E-state index contributed by atoms with van der Waals surface area (Å²) in [5, 5.41) is 2.62. The van der Waals surface area contributed by atoms with E-state index < -0.39 is 0 Å². The molecule has 1 heterocycles. The van der Waals surface area contributed by atoms with E-state index in [1.54, 1.807) is 0 Å². The van der Waals surface area contributed by atoms with E-state index in [1.807, 2.05) is 24.3 Å². The molecule has 5 nitrogen and oxygen atoms in total. The van der Waals surface area contributed by atoms with Crippen molar-refractivity contribution >= 4 is 33.5 Å². The molecular weight excluding hydrogens is 651 g/mol. The van der Waals surface area contributed by atoms with Crippen LogP contribution in [0.25, 0.3) is 33.3 Å². The number of unbranched alkanes of at least 4 members (excludes halogenated alkanes) is 20. The van der Waals surface area contributed by atoms with Gasteiger partial charge in [-0.05, 0) is 38.8 Å². The summed E-state index contributed by atoms with van der Waals surface area (Å²) in [6, 6.07) is 16.4. The Balaban J connectivity index is 1.37. The molecule has 0 saturated heterocycles. The highest BCUT2D eigenvalue weighted by Gasteiger charge is 2.20. The molecule has 0 bridgehead atoms. The molecule has 1 unspecified atom stereocenters. The zero-order chi connectivity index (χ0) is 37.5. The van der Waals surface area contributed by atoms with Crippen LogP contribution in [-0.4, -0.2) is 24.0 Å². The minimum Gasteiger partial charge on any atom is -0.453 e. The van der Waals surface area contributed by atoms with Crippen LogP contribution >= 0.6 is 0 Å². The van der Waals surface area contributed by atoms with Crippen molar-refractivity contribution in [2.24, 2.45) is 10.9 Å². The fourth-order valence-electron chi connectivity index (χ4n) is 8.01. The van der Waals surface area contributed by atoms with E-state index in [2.05, 4.69) is 56.9 Å². The highest BCUT2D eigenvalue weighted by molar-refractivity contribution is 5.97. The number of nitrogens with zero attached hydrogens (tertiary/aromatic N) is 3. The first-order valence-electron chi connectivity index (χ1n) is 22.2. The quantitative estimate of drug-likeness (QED) is 0.0332. The van der Waals surface area contributed by atoms with E-state index >= 15 is 0 Å². The van der Waals surface area contributed by atoms with Gasteiger partial charge in [0.25, 0.3) is 0 Å². The molecule has 0 fully saturated rings. The first-order valence-corrected chi connectivity index (χ1v) is 22.2. The van der Waals surface area contributed by atoms with Crippen LogP contribution in [0, 0.1) is 5.92 Å². The Morgan fingerprint density at radius 3 is 1.62 bits per heavy atom. The van der Waals surface area contributed by atoms with E-state index in [-0.39, 0.29) is 11.8 Å². The van der Waals surface area contributed by atoms with Gasteiger partial charge in [-0.25, -0.2) is 9.98 Å². The normalized spacial score (nSPS) is 12.7. The Kier molecular flexibility index (Phi) is 20.0. The van der Waals surface area contributed by atoms with Gasteiger partial charge in [0.15, 0.2) is 11.3 Å². The third kappa shape index (κ3) is 14.2. The van der Waals surface area contributed by atoms with Gasteiger partial charge in [-0.3, -0.25) is 4.79 Å². The van der Waals surface area contributed by atoms with Crippen molar-refractivity contribution in [2.45, 2.75) is 182 Å². The molecule has 5 heteroatoms. The molecule has 4 rings (SSSR count). The summed E-state index contributed by atoms with van der Waals surface area (Å²) >= 11 is 0. The SMILES string of the molecule is CCCCCCCCCCCCCCCCCCC(CCCCCCCC)C(=O)N=c1cc2oc3cc(N(CC)CC)ccc3nc-2c2ccccc12. The maximum absolute atomic E-state index is 14.0. The topological polar surface area (TPSA) is 58.7 Å². The van der Waals surface area contributed by atoms with E-state index in [0.717, 1.165) is 72.0 Å². The Morgan fingerprint density at radius 2 is 1.11 bits per heavy atom. The maximum Gasteiger partial charge on any atom is 0.249 e. The summed E-state index contributed by atoms with van der Waals surface area (Å²) < 4.78 is 6.53. The average Bonchev–Trinajstić information content (AvgIpc) is 3.18.